The molecule has 6 nitrogen and oxygen atoms in total. The summed E-state index contributed by atoms with van der Waals surface area (Å²) in [6.45, 7) is 2.29. The van der Waals surface area contributed by atoms with E-state index in [0.717, 1.165) is 30.1 Å². The molecule has 1 fully saturated rings. The van der Waals surface area contributed by atoms with Gasteiger partial charge in [-0.25, -0.2) is 4.68 Å². The van der Waals surface area contributed by atoms with Gasteiger partial charge in [0.15, 0.2) is 5.82 Å². The first-order valence-electron chi connectivity index (χ1n) is 7.40. The molecule has 1 aromatic carbocycles. The van der Waals surface area contributed by atoms with Crippen molar-refractivity contribution in [2.75, 3.05) is 12.8 Å². The molecule has 1 aliphatic rings. The molecule has 1 aromatic heterocycles. The minimum Gasteiger partial charge on any atom is -0.495 e. The Morgan fingerprint density at radius 1 is 1.33 bits per heavy atom. The zero-order valence-electron chi connectivity index (χ0n) is 12.5. The van der Waals surface area contributed by atoms with Crippen LogP contribution in [0.4, 0.5) is 5.69 Å². The largest absolute Gasteiger partial charge is 0.495 e. The van der Waals surface area contributed by atoms with Crippen molar-refractivity contribution < 1.29 is 4.74 Å². The van der Waals surface area contributed by atoms with Crippen molar-refractivity contribution in [3.63, 3.8) is 0 Å². The second-order valence-electron chi connectivity index (χ2n) is 5.83. The van der Waals surface area contributed by atoms with Crippen LogP contribution in [0.2, 0.25) is 0 Å². The number of nitrogens with two attached hydrogens (primary N) is 1. The molecule has 0 saturated heterocycles. The van der Waals surface area contributed by atoms with Gasteiger partial charge in [0, 0.05) is 5.56 Å². The van der Waals surface area contributed by atoms with Crippen molar-refractivity contribution in [1.29, 1.82) is 0 Å². The first-order chi connectivity index (χ1) is 10.2. The van der Waals surface area contributed by atoms with Crippen molar-refractivity contribution in [1.82, 2.24) is 20.2 Å². The third-order valence-corrected chi connectivity index (χ3v) is 4.24. The van der Waals surface area contributed by atoms with Crippen molar-refractivity contribution >= 4 is 5.69 Å². The zero-order chi connectivity index (χ0) is 14.8. The molecule has 2 aromatic rings. The summed E-state index contributed by atoms with van der Waals surface area (Å²) in [5.41, 5.74) is 7.42. The molecule has 1 heterocycles. The Kier molecular flexibility index (Phi) is 3.77. The molecule has 0 aliphatic heterocycles. The van der Waals surface area contributed by atoms with E-state index < -0.39 is 0 Å². The molecule has 1 aliphatic carbocycles. The van der Waals surface area contributed by atoms with Gasteiger partial charge >= 0.3 is 0 Å². The number of ether oxygens (including phenoxy) is 1. The van der Waals surface area contributed by atoms with Crippen LogP contribution in [0.3, 0.4) is 0 Å². The third-order valence-electron chi connectivity index (χ3n) is 4.24. The first-order valence-corrected chi connectivity index (χ1v) is 7.40. The smallest absolute Gasteiger partial charge is 0.182 e. The van der Waals surface area contributed by atoms with Gasteiger partial charge < -0.3 is 10.5 Å². The Morgan fingerprint density at radius 2 is 2.19 bits per heavy atom. The van der Waals surface area contributed by atoms with Gasteiger partial charge in [-0.1, -0.05) is 19.8 Å². The molecule has 112 valence electrons. The number of hydrogen-bond donors (Lipinski definition) is 1. The highest BCUT2D eigenvalue weighted by atomic mass is 16.5. The summed E-state index contributed by atoms with van der Waals surface area (Å²) in [7, 11) is 1.61. The van der Waals surface area contributed by atoms with Crippen molar-refractivity contribution in [2.24, 2.45) is 5.92 Å². The van der Waals surface area contributed by atoms with Gasteiger partial charge in [0.05, 0.1) is 18.8 Å². The van der Waals surface area contributed by atoms with E-state index in [1.807, 2.05) is 22.9 Å². The van der Waals surface area contributed by atoms with Gasteiger partial charge in [0.2, 0.25) is 0 Å². The van der Waals surface area contributed by atoms with E-state index in [1.54, 1.807) is 7.11 Å². The summed E-state index contributed by atoms with van der Waals surface area (Å²) in [4.78, 5) is 0. The van der Waals surface area contributed by atoms with Crippen molar-refractivity contribution in [3.8, 4) is 17.1 Å². The fourth-order valence-corrected chi connectivity index (χ4v) is 3.10. The van der Waals surface area contributed by atoms with E-state index in [9.17, 15) is 0 Å². The Balaban J connectivity index is 1.95. The number of tetrazole rings is 1. The molecule has 3 rings (SSSR count). The van der Waals surface area contributed by atoms with Crippen molar-refractivity contribution in [3.05, 3.63) is 18.2 Å². The maximum Gasteiger partial charge on any atom is 0.182 e. The number of rotatable bonds is 3. The van der Waals surface area contributed by atoms with Crippen LogP contribution in [-0.4, -0.2) is 27.3 Å². The van der Waals surface area contributed by atoms with Crippen molar-refractivity contribution in [2.45, 2.75) is 38.6 Å². The fraction of sp³-hybridized carbons (Fsp3) is 0.533. The number of aromatic nitrogens is 4. The SMILES string of the molecule is COc1cc(-c2nnnn2C2CCCC(C)C2)ccc1N. The Labute approximate surface area is 124 Å². The van der Waals surface area contributed by atoms with E-state index in [-0.39, 0.29) is 0 Å². The summed E-state index contributed by atoms with van der Waals surface area (Å²) >= 11 is 0. The lowest BCUT2D eigenvalue weighted by atomic mass is 9.87. The van der Waals surface area contributed by atoms with Gasteiger partial charge in [-0.15, -0.1) is 5.10 Å². The molecule has 21 heavy (non-hydrogen) atoms. The second kappa shape index (κ2) is 5.71. The number of hydrogen-bond acceptors (Lipinski definition) is 5. The minimum absolute atomic E-state index is 0.377. The molecule has 2 unspecified atom stereocenters. The van der Waals surface area contributed by atoms with Crippen LogP contribution >= 0.6 is 0 Å². The van der Waals surface area contributed by atoms with Gasteiger partial charge in [0.1, 0.15) is 5.75 Å². The van der Waals surface area contributed by atoms with Gasteiger partial charge in [-0.05, 0) is 47.4 Å². The predicted octanol–water partition coefficient (Wildman–Crippen LogP) is 2.68. The summed E-state index contributed by atoms with van der Waals surface area (Å²) in [5, 5.41) is 12.3. The summed E-state index contributed by atoms with van der Waals surface area (Å²) in [6, 6.07) is 6.04. The average molecular weight is 287 g/mol. The molecular formula is C15H21N5O. The van der Waals surface area contributed by atoms with Crippen LogP contribution in [0.15, 0.2) is 18.2 Å². The molecule has 0 amide bonds. The standard InChI is InChI=1S/C15H21N5O/c1-10-4-3-5-12(8-10)20-15(17-18-19-20)11-6-7-13(16)14(9-11)21-2/h6-7,9-10,12H,3-5,8,16H2,1-2H3. The van der Waals surface area contributed by atoms with Crippen LogP contribution < -0.4 is 10.5 Å². The predicted molar refractivity (Wildman–Crippen MR) is 80.9 cm³/mol. The maximum atomic E-state index is 5.87. The first kappa shape index (κ1) is 13.9. The quantitative estimate of drug-likeness (QED) is 0.878. The average Bonchev–Trinajstić information content (AvgIpc) is 2.97. The molecule has 2 N–H and O–H groups in total. The summed E-state index contributed by atoms with van der Waals surface area (Å²) in [5.74, 6) is 2.16. The van der Waals surface area contributed by atoms with E-state index in [4.69, 9.17) is 10.5 Å². The molecule has 2 atom stereocenters. The normalized spacial score (nSPS) is 22.2. The lowest BCUT2D eigenvalue weighted by Gasteiger charge is -2.27. The van der Waals surface area contributed by atoms with Crippen LogP contribution in [0, 0.1) is 5.92 Å². The third kappa shape index (κ3) is 2.70. The van der Waals surface area contributed by atoms with E-state index in [2.05, 4.69) is 22.4 Å². The molecule has 0 radical (unpaired) electrons. The zero-order valence-corrected chi connectivity index (χ0v) is 12.5. The monoisotopic (exact) mass is 287 g/mol. The van der Waals surface area contributed by atoms with E-state index in [0.29, 0.717) is 17.5 Å². The van der Waals surface area contributed by atoms with Gasteiger partial charge in [-0.2, -0.15) is 0 Å². The van der Waals surface area contributed by atoms with Crippen LogP contribution in [0.25, 0.3) is 11.4 Å². The maximum absolute atomic E-state index is 5.87. The lowest BCUT2D eigenvalue weighted by Crippen LogP contribution is -2.19. The summed E-state index contributed by atoms with van der Waals surface area (Å²) in [6.07, 6.45) is 4.79. The molecule has 0 spiro atoms. The number of nitrogen functional groups attached to an aromatic ring is 1. The Bertz CT molecular complexity index is 624. The highest BCUT2D eigenvalue weighted by Crippen LogP contribution is 2.35. The molecule has 1 saturated carbocycles. The van der Waals surface area contributed by atoms with E-state index in [1.165, 1.54) is 12.8 Å². The van der Waals surface area contributed by atoms with E-state index >= 15 is 0 Å². The Morgan fingerprint density at radius 3 is 2.95 bits per heavy atom. The van der Waals surface area contributed by atoms with Gasteiger partial charge in [-0.3, -0.25) is 0 Å². The number of nitrogens with zero attached hydrogens (tertiary/aromatic N) is 4. The van der Waals surface area contributed by atoms with Gasteiger partial charge in [0.25, 0.3) is 0 Å². The lowest BCUT2D eigenvalue weighted by molar-refractivity contribution is 0.265. The second-order valence-corrected chi connectivity index (χ2v) is 5.83. The Hall–Kier alpha value is -2.11. The topological polar surface area (TPSA) is 78.9 Å². The highest BCUT2D eigenvalue weighted by Gasteiger charge is 2.24. The van der Waals surface area contributed by atoms with Crippen LogP contribution in [0.5, 0.6) is 5.75 Å². The fourth-order valence-electron chi connectivity index (χ4n) is 3.10. The number of benzene rings is 1. The summed E-state index contributed by atoms with van der Waals surface area (Å²) < 4.78 is 7.24. The molecule has 0 bridgehead atoms. The highest BCUT2D eigenvalue weighted by molar-refractivity contribution is 5.65. The molecule has 6 heteroatoms. The minimum atomic E-state index is 0.377. The van der Waals surface area contributed by atoms with Crippen LogP contribution in [0.1, 0.15) is 38.6 Å². The van der Waals surface area contributed by atoms with Crippen LogP contribution in [-0.2, 0) is 0 Å². The number of methoxy groups -OCH3 is 1. The molecular weight excluding hydrogens is 266 g/mol. The number of anilines is 1.